The molecule has 0 aromatic heterocycles. The molecule has 0 aliphatic carbocycles. The average Bonchev–Trinajstić information content (AvgIpc) is 3.22. The van der Waals surface area contributed by atoms with E-state index in [9.17, 15) is 14.0 Å². The van der Waals surface area contributed by atoms with Crippen molar-refractivity contribution >= 4 is 23.2 Å². The zero-order chi connectivity index (χ0) is 19.1. The quantitative estimate of drug-likeness (QED) is 0.771. The number of amides is 2. The highest BCUT2D eigenvalue weighted by atomic mass is 19.1. The maximum Gasteiger partial charge on any atom is 0.278 e. The lowest BCUT2D eigenvalue weighted by Gasteiger charge is -2.16. The van der Waals surface area contributed by atoms with Crippen LogP contribution in [0.3, 0.4) is 0 Å². The molecule has 4 rings (SSSR count). The predicted molar refractivity (Wildman–Crippen MR) is 93.3 cm³/mol. The Morgan fingerprint density at radius 3 is 2.44 bits per heavy atom. The molecule has 8 heteroatoms. The molecule has 2 aliphatic heterocycles. The number of hydrogen-bond acceptors (Lipinski definition) is 6. The molecule has 0 saturated carbocycles. The molecule has 2 aromatic rings. The molecule has 0 unspecified atom stereocenters. The molecule has 0 spiro atoms. The van der Waals surface area contributed by atoms with Gasteiger partial charge in [-0.15, -0.1) is 0 Å². The summed E-state index contributed by atoms with van der Waals surface area (Å²) in [5.41, 5.74) is 1.13. The Hall–Kier alpha value is -3.42. The van der Waals surface area contributed by atoms with Crippen LogP contribution in [0.2, 0.25) is 0 Å². The second-order valence-corrected chi connectivity index (χ2v) is 6.03. The van der Waals surface area contributed by atoms with Crippen LogP contribution >= 0.6 is 0 Å². The Balaban J connectivity index is 1.71. The first-order valence-electron chi connectivity index (χ1n) is 8.14. The van der Waals surface area contributed by atoms with Gasteiger partial charge in [-0.3, -0.25) is 9.59 Å². The third-order valence-electron chi connectivity index (χ3n) is 4.58. The number of rotatable bonds is 4. The number of nitrogens with zero attached hydrogens (tertiary/aromatic N) is 2. The summed E-state index contributed by atoms with van der Waals surface area (Å²) in [4.78, 5) is 31.9. The molecular formula is C19H15FN2O5. The third-order valence-corrected chi connectivity index (χ3v) is 4.58. The fourth-order valence-corrected chi connectivity index (χ4v) is 3.26. The summed E-state index contributed by atoms with van der Waals surface area (Å²) in [6, 6.07) is 10.2. The first-order chi connectivity index (χ1) is 13.0. The van der Waals surface area contributed by atoms with E-state index in [2.05, 4.69) is 5.16 Å². The highest BCUT2D eigenvalue weighted by Crippen LogP contribution is 2.38. The van der Waals surface area contributed by atoms with Crippen LogP contribution in [0.25, 0.3) is 0 Å². The molecule has 7 nitrogen and oxygen atoms in total. The second kappa shape index (κ2) is 6.39. The zero-order valence-electron chi connectivity index (χ0n) is 14.5. The third kappa shape index (κ3) is 2.61. The smallest absolute Gasteiger partial charge is 0.278 e. The van der Waals surface area contributed by atoms with E-state index >= 15 is 0 Å². The molecule has 2 aliphatic rings. The largest absolute Gasteiger partial charge is 0.497 e. The van der Waals surface area contributed by atoms with Crippen LogP contribution in [0.4, 0.5) is 10.1 Å². The van der Waals surface area contributed by atoms with Crippen molar-refractivity contribution in [2.24, 2.45) is 11.1 Å². The van der Waals surface area contributed by atoms with Gasteiger partial charge in [-0.25, -0.2) is 9.29 Å². The van der Waals surface area contributed by atoms with E-state index < -0.39 is 29.7 Å². The topological polar surface area (TPSA) is 77.4 Å². The van der Waals surface area contributed by atoms with Crippen LogP contribution < -0.4 is 14.4 Å². The molecule has 2 heterocycles. The number of hydrogen-bond donors (Lipinski definition) is 0. The monoisotopic (exact) mass is 370 g/mol. The molecule has 1 saturated heterocycles. The molecule has 2 atom stereocenters. The van der Waals surface area contributed by atoms with Crippen molar-refractivity contribution in [3.63, 3.8) is 0 Å². The lowest BCUT2D eigenvalue weighted by atomic mass is 9.93. The van der Waals surface area contributed by atoms with E-state index in [1.165, 1.54) is 38.5 Å². The van der Waals surface area contributed by atoms with Crippen LogP contribution in [-0.4, -0.2) is 37.8 Å². The Morgan fingerprint density at radius 2 is 1.78 bits per heavy atom. The molecule has 2 aromatic carbocycles. The van der Waals surface area contributed by atoms with Gasteiger partial charge >= 0.3 is 0 Å². The Kier molecular flexibility index (Phi) is 4.02. The van der Waals surface area contributed by atoms with Crippen molar-refractivity contribution in [1.29, 1.82) is 0 Å². The maximum absolute atomic E-state index is 13.2. The lowest BCUT2D eigenvalue weighted by Crippen LogP contribution is -2.33. The number of fused-ring (bicyclic) bond motifs is 1. The highest BCUT2D eigenvalue weighted by Gasteiger charge is 2.56. The van der Waals surface area contributed by atoms with Crippen LogP contribution in [0.15, 0.2) is 47.6 Å². The van der Waals surface area contributed by atoms with Crippen molar-refractivity contribution in [3.05, 3.63) is 53.8 Å². The van der Waals surface area contributed by atoms with Crippen molar-refractivity contribution in [1.82, 2.24) is 0 Å². The second-order valence-electron chi connectivity index (χ2n) is 6.03. The summed E-state index contributed by atoms with van der Waals surface area (Å²) in [5, 5.41) is 3.97. The summed E-state index contributed by atoms with van der Waals surface area (Å²) in [5.74, 6) is -1.36. The molecule has 1 fully saturated rings. The minimum absolute atomic E-state index is 0.283. The number of anilines is 1. The minimum Gasteiger partial charge on any atom is -0.497 e. The number of carbonyl (C=O) groups excluding carboxylic acids is 2. The van der Waals surface area contributed by atoms with Gasteiger partial charge in [-0.2, -0.15) is 0 Å². The molecule has 0 bridgehead atoms. The van der Waals surface area contributed by atoms with Gasteiger partial charge < -0.3 is 14.3 Å². The lowest BCUT2D eigenvalue weighted by molar-refractivity contribution is -0.126. The summed E-state index contributed by atoms with van der Waals surface area (Å²) >= 11 is 0. The first-order valence-corrected chi connectivity index (χ1v) is 8.14. The molecule has 0 radical (unpaired) electrons. The standard InChI is InChI=1S/C19H15FN2O5/c1-25-12-7-8-13(14(9-12)26-2)16-15-17(27-21-16)19(24)22(18(15)23)11-5-3-10(20)4-6-11/h3-9,15,17H,1-2H3/t15-,17+/m1/s1. The molecule has 138 valence electrons. The van der Waals surface area contributed by atoms with E-state index in [4.69, 9.17) is 14.3 Å². The SMILES string of the molecule is COc1ccc(C2=NO[C@@H]3C(=O)N(c4ccc(F)cc4)C(=O)[C@H]23)c(OC)c1. The molecule has 2 amide bonds. The van der Waals surface area contributed by atoms with Gasteiger partial charge in [0.25, 0.3) is 5.91 Å². The van der Waals surface area contributed by atoms with Gasteiger partial charge in [0.05, 0.1) is 19.9 Å². The van der Waals surface area contributed by atoms with E-state index in [-0.39, 0.29) is 5.69 Å². The maximum atomic E-state index is 13.2. The van der Waals surface area contributed by atoms with E-state index in [0.29, 0.717) is 22.8 Å². The summed E-state index contributed by atoms with van der Waals surface area (Å²) in [6.07, 6.45) is -1.05. The van der Waals surface area contributed by atoms with Crippen LogP contribution in [-0.2, 0) is 14.4 Å². The number of methoxy groups -OCH3 is 2. The van der Waals surface area contributed by atoms with Gasteiger partial charge in [0.1, 0.15) is 28.9 Å². The van der Waals surface area contributed by atoms with E-state index in [1.54, 1.807) is 18.2 Å². The normalized spacial score (nSPS) is 21.0. The Labute approximate surface area is 153 Å². The van der Waals surface area contributed by atoms with Gasteiger partial charge in [0.2, 0.25) is 12.0 Å². The van der Waals surface area contributed by atoms with E-state index in [0.717, 1.165) is 4.90 Å². The van der Waals surface area contributed by atoms with Gasteiger partial charge in [0, 0.05) is 11.6 Å². The summed E-state index contributed by atoms with van der Waals surface area (Å²) in [6.45, 7) is 0. The first kappa shape index (κ1) is 17.0. The fraction of sp³-hybridized carbons (Fsp3) is 0.211. The van der Waals surface area contributed by atoms with Gasteiger partial charge in [-0.05, 0) is 36.4 Å². The van der Waals surface area contributed by atoms with Crippen LogP contribution in [0.1, 0.15) is 5.56 Å². The number of ether oxygens (including phenoxy) is 2. The number of oxime groups is 1. The van der Waals surface area contributed by atoms with E-state index in [1.807, 2.05) is 0 Å². The Morgan fingerprint density at radius 1 is 1.04 bits per heavy atom. The van der Waals surface area contributed by atoms with Crippen molar-refractivity contribution < 1.29 is 28.3 Å². The van der Waals surface area contributed by atoms with Crippen LogP contribution in [0.5, 0.6) is 11.5 Å². The molecule has 27 heavy (non-hydrogen) atoms. The summed E-state index contributed by atoms with van der Waals surface area (Å²) in [7, 11) is 3.01. The minimum atomic E-state index is -1.05. The zero-order valence-corrected chi connectivity index (χ0v) is 14.5. The molecule has 0 N–H and O–H groups in total. The van der Waals surface area contributed by atoms with Crippen molar-refractivity contribution in [2.75, 3.05) is 19.1 Å². The number of benzene rings is 2. The van der Waals surface area contributed by atoms with Crippen molar-refractivity contribution in [2.45, 2.75) is 6.10 Å². The number of halogens is 1. The predicted octanol–water partition coefficient (Wildman–Crippen LogP) is 2.14. The number of carbonyl (C=O) groups is 2. The Bertz CT molecular complexity index is 957. The highest BCUT2D eigenvalue weighted by molar-refractivity contribution is 6.32. The van der Waals surface area contributed by atoms with Gasteiger partial charge in [-0.1, -0.05) is 5.16 Å². The fourth-order valence-electron chi connectivity index (χ4n) is 3.26. The molecular weight excluding hydrogens is 355 g/mol. The number of imide groups is 1. The van der Waals surface area contributed by atoms with Crippen LogP contribution in [0, 0.1) is 11.7 Å². The van der Waals surface area contributed by atoms with Gasteiger partial charge in [0.15, 0.2) is 0 Å². The average molecular weight is 370 g/mol. The summed E-state index contributed by atoms with van der Waals surface area (Å²) < 4.78 is 23.7. The van der Waals surface area contributed by atoms with Crippen molar-refractivity contribution in [3.8, 4) is 11.5 Å².